The molecule has 1 saturated heterocycles. The Labute approximate surface area is 113 Å². The molecular weight excluding hydrogens is 238 g/mol. The minimum Gasteiger partial charge on any atom is -0.451 e. The molecule has 1 fully saturated rings. The van der Waals surface area contributed by atoms with Crippen molar-refractivity contribution < 1.29 is 9.21 Å². The maximum Gasteiger partial charge on any atom is 0.289 e. The van der Waals surface area contributed by atoms with Crippen LogP contribution in [-0.4, -0.2) is 23.9 Å². The minimum atomic E-state index is 0.0419. The number of aryl methyl sites for hydroxylation is 1. The maximum absolute atomic E-state index is 12.6. The van der Waals surface area contributed by atoms with Gasteiger partial charge in [-0.25, -0.2) is 0 Å². The van der Waals surface area contributed by atoms with Gasteiger partial charge in [-0.15, -0.1) is 0 Å². The first kappa shape index (κ1) is 12.3. The van der Waals surface area contributed by atoms with Crippen molar-refractivity contribution >= 4 is 16.9 Å². The minimum absolute atomic E-state index is 0.0419. The smallest absolute Gasteiger partial charge is 0.289 e. The molecule has 0 bridgehead atoms. The topological polar surface area (TPSA) is 33.5 Å². The van der Waals surface area contributed by atoms with Crippen molar-refractivity contribution in [1.82, 2.24) is 4.90 Å². The van der Waals surface area contributed by atoms with E-state index in [0.29, 0.717) is 11.7 Å². The Morgan fingerprint density at radius 3 is 2.89 bits per heavy atom. The van der Waals surface area contributed by atoms with E-state index in [9.17, 15) is 4.79 Å². The number of hydrogen-bond donors (Lipinski definition) is 0. The number of carbonyl (C=O) groups excluding carboxylic acids is 1. The number of furan rings is 1. The summed E-state index contributed by atoms with van der Waals surface area (Å²) in [6.07, 6.45) is 2.30. The first-order chi connectivity index (χ1) is 9.16. The summed E-state index contributed by atoms with van der Waals surface area (Å²) in [6, 6.07) is 7.83. The van der Waals surface area contributed by atoms with E-state index in [1.165, 1.54) is 6.42 Å². The Morgan fingerprint density at radius 2 is 2.16 bits per heavy atom. The van der Waals surface area contributed by atoms with E-state index in [0.717, 1.165) is 36.0 Å². The summed E-state index contributed by atoms with van der Waals surface area (Å²) in [5, 5.41) is 1.04. The summed E-state index contributed by atoms with van der Waals surface area (Å²) in [4.78, 5) is 14.5. The Hall–Kier alpha value is -1.77. The van der Waals surface area contributed by atoms with Gasteiger partial charge in [0.15, 0.2) is 5.76 Å². The van der Waals surface area contributed by atoms with Crippen LogP contribution < -0.4 is 0 Å². The number of carbonyl (C=O) groups is 1. The van der Waals surface area contributed by atoms with E-state index in [4.69, 9.17) is 4.42 Å². The maximum atomic E-state index is 12.6. The predicted molar refractivity (Wildman–Crippen MR) is 75.3 cm³/mol. The summed E-state index contributed by atoms with van der Waals surface area (Å²) in [6.45, 7) is 5.85. The molecule has 0 unspecified atom stereocenters. The molecule has 3 heteroatoms. The molecule has 1 amide bonds. The molecule has 100 valence electrons. The summed E-state index contributed by atoms with van der Waals surface area (Å²) in [5.41, 5.74) is 1.76. The Balaban J connectivity index is 1.95. The molecule has 1 aromatic heterocycles. The van der Waals surface area contributed by atoms with E-state index < -0.39 is 0 Å². The predicted octanol–water partition coefficient (Wildman–Crippen LogP) is 3.61. The van der Waals surface area contributed by atoms with Crippen LogP contribution in [0.1, 0.15) is 35.9 Å². The van der Waals surface area contributed by atoms with Crippen molar-refractivity contribution in [2.24, 2.45) is 5.92 Å². The number of rotatable bonds is 1. The molecule has 1 aliphatic heterocycles. The largest absolute Gasteiger partial charge is 0.451 e. The molecule has 0 spiro atoms. The fourth-order valence-electron chi connectivity index (χ4n) is 2.90. The molecule has 1 aliphatic rings. The third kappa shape index (κ3) is 2.14. The fraction of sp³-hybridized carbons (Fsp3) is 0.438. The highest BCUT2D eigenvalue weighted by Gasteiger charge is 2.26. The van der Waals surface area contributed by atoms with Crippen molar-refractivity contribution in [2.75, 3.05) is 13.1 Å². The van der Waals surface area contributed by atoms with Crippen molar-refractivity contribution in [1.29, 1.82) is 0 Å². The van der Waals surface area contributed by atoms with Crippen molar-refractivity contribution in [3.05, 3.63) is 35.6 Å². The lowest BCUT2D eigenvalue weighted by molar-refractivity contribution is 0.0652. The summed E-state index contributed by atoms with van der Waals surface area (Å²) in [5.74, 6) is 1.14. The summed E-state index contributed by atoms with van der Waals surface area (Å²) in [7, 11) is 0. The second-order valence-corrected chi connectivity index (χ2v) is 5.55. The number of likely N-dealkylation sites (tertiary alicyclic amines) is 1. The van der Waals surface area contributed by atoms with Gasteiger partial charge in [-0.3, -0.25) is 4.79 Å². The van der Waals surface area contributed by atoms with Crippen LogP contribution in [0.15, 0.2) is 28.7 Å². The molecule has 0 radical (unpaired) electrons. The van der Waals surface area contributed by atoms with Crippen LogP contribution in [-0.2, 0) is 0 Å². The average Bonchev–Trinajstić information content (AvgIpc) is 2.76. The molecule has 0 N–H and O–H groups in total. The normalized spacial score (nSPS) is 19.9. The van der Waals surface area contributed by atoms with Crippen molar-refractivity contribution in [3.63, 3.8) is 0 Å². The number of benzene rings is 1. The van der Waals surface area contributed by atoms with Gasteiger partial charge in [-0.2, -0.15) is 0 Å². The molecule has 1 atom stereocenters. The number of piperidine rings is 1. The average molecular weight is 257 g/mol. The zero-order chi connectivity index (χ0) is 13.4. The quantitative estimate of drug-likeness (QED) is 0.782. The Bertz CT molecular complexity index is 614. The first-order valence-corrected chi connectivity index (χ1v) is 6.94. The lowest BCUT2D eigenvalue weighted by Gasteiger charge is -2.30. The van der Waals surface area contributed by atoms with E-state index >= 15 is 0 Å². The summed E-state index contributed by atoms with van der Waals surface area (Å²) >= 11 is 0. The Morgan fingerprint density at radius 1 is 1.37 bits per heavy atom. The second kappa shape index (κ2) is 4.72. The van der Waals surface area contributed by atoms with E-state index in [1.54, 1.807) is 0 Å². The lowest BCUT2D eigenvalue weighted by Crippen LogP contribution is -2.39. The molecular formula is C16H19NO2. The molecule has 2 aromatic rings. The van der Waals surface area contributed by atoms with Crippen LogP contribution in [0.4, 0.5) is 0 Å². The molecule has 0 aliphatic carbocycles. The number of fused-ring (bicyclic) bond motifs is 1. The molecule has 3 nitrogen and oxygen atoms in total. The highest BCUT2D eigenvalue weighted by atomic mass is 16.3. The van der Waals surface area contributed by atoms with Crippen LogP contribution in [0.5, 0.6) is 0 Å². The van der Waals surface area contributed by atoms with Gasteiger partial charge in [-0.05, 0) is 31.7 Å². The van der Waals surface area contributed by atoms with Gasteiger partial charge in [0.05, 0.1) is 0 Å². The molecule has 0 saturated carbocycles. The monoisotopic (exact) mass is 257 g/mol. The van der Waals surface area contributed by atoms with Gasteiger partial charge >= 0.3 is 0 Å². The number of hydrogen-bond acceptors (Lipinski definition) is 2. The van der Waals surface area contributed by atoms with Gasteiger partial charge in [-0.1, -0.05) is 25.1 Å². The van der Waals surface area contributed by atoms with E-state index in [1.807, 2.05) is 36.1 Å². The third-order valence-electron chi connectivity index (χ3n) is 3.98. The van der Waals surface area contributed by atoms with Crippen LogP contribution in [0.25, 0.3) is 11.0 Å². The fourth-order valence-corrected chi connectivity index (χ4v) is 2.90. The second-order valence-electron chi connectivity index (χ2n) is 5.55. The van der Waals surface area contributed by atoms with Gasteiger partial charge in [0, 0.05) is 24.0 Å². The van der Waals surface area contributed by atoms with E-state index in [-0.39, 0.29) is 5.91 Å². The summed E-state index contributed by atoms with van der Waals surface area (Å²) < 4.78 is 5.76. The van der Waals surface area contributed by atoms with E-state index in [2.05, 4.69) is 6.92 Å². The van der Waals surface area contributed by atoms with Gasteiger partial charge in [0.2, 0.25) is 0 Å². The first-order valence-electron chi connectivity index (χ1n) is 6.94. The van der Waals surface area contributed by atoms with Gasteiger partial charge in [0.25, 0.3) is 5.91 Å². The van der Waals surface area contributed by atoms with Gasteiger partial charge < -0.3 is 9.32 Å². The zero-order valence-electron chi connectivity index (χ0n) is 11.5. The van der Waals surface area contributed by atoms with Crippen LogP contribution >= 0.6 is 0 Å². The highest BCUT2D eigenvalue weighted by molar-refractivity contribution is 5.98. The standard InChI is InChI=1S/C16H19NO2/c1-11-6-5-9-17(10-11)16(18)15-12(2)13-7-3-4-8-14(13)19-15/h3-4,7-8,11H,5-6,9-10H2,1-2H3/t11-/m1/s1. The zero-order valence-corrected chi connectivity index (χ0v) is 11.5. The number of para-hydroxylation sites is 1. The molecule has 19 heavy (non-hydrogen) atoms. The number of nitrogens with zero attached hydrogens (tertiary/aromatic N) is 1. The number of amides is 1. The van der Waals surface area contributed by atoms with Crippen LogP contribution in [0.2, 0.25) is 0 Å². The van der Waals surface area contributed by atoms with Crippen LogP contribution in [0.3, 0.4) is 0 Å². The molecule has 3 rings (SSSR count). The van der Waals surface area contributed by atoms with Crippen molar-refractivity contribution in [3.8, 4) is 0 Å². The third-order valence-corrected chi connectivity index (χ3v) is 3.98. The lowest BCUT2D eigenvalue weighted by atomic mass is 10.00. The molecule has 1 aromatic carbocycles. The Kier molecular flexibility index (Phi) is 3.05. The molecule has 2 heterocycles. The van der Waals surface area contributed by atoms with Crippen LogP contribution in [0, 0.1) is 12.8 Å². The van der Waals surface area contributed by atoms with Gasteiger partial charge in [0.1, 0.15) is 5.58 Å². The SMILES string of the molecule is Cc1c(C(=O)N2CCC[C@@H](C)C2)oc2ccccc12. The van der Waals surface area contributed by atoms with Crippen molar-refractivity contribution in [2.45, 2.75) is 26.7 Å². The highest BCUT2D eigenvalue weighted by Crippen LogP contribution is 2.27.